The van der Waals surface area contributed by atoms with Crippen molar-refractivity contribution >= 4 is 16.0 Å². The summed E-state index contributed by atoms with van der Waals surface area (Å²) in [4.78, 5) is 9.30. The molecule has 0 aliphatic carbocycles. The maximum Gasteiger partial charge on any atom is 0.245 e. The Morgan fingerprint density at radius 1 is 1.18 bits per heavy atom. The summed E-state index contributed by atoms with van der Waals surface area (Å²) in [5.74, 6) is 0.0555. The van der Waals surface area contributed by atoms with Crippen LogP contribution >= 0.6 is 0 Å². The smallest absolute Gasteiger partial charge is 0.245 e. The summed E-state index contributed by atoms with van der Waals surface area (Å²) in [6.07, 6.45) is 2.42. The minimum Gasteiger partial charge on any atom is -0.368 e. The van der Waals surface area contributed by atoms with Crippen LogP contribution in [0, 0.1) is 0 Å². The van der Waals surface area contributed by atoms with Gasteiger partial charge in [0, 0.05) is 20.1 Å². The molecule has 1 heterocycles. The van der Waals surface area contributed by atoms with E-state index in [2.05, 4.69) is 9.97 Å². The van der Waals surface area contributed by atoms with Gasteiger partial charge in [-0.3, -0.25) is 0 Å². The number of hydrogen-bond acceptors (Lipinski definition) is 6. The summed E-state index contributed by atoms with van der Waals surface area (Å²) in [5, 5.41) is 0. The first-order chi connectivity index (χ1) is 7.84. The summed E-state index contributed by atoms with van der Waals surface area (Å²) in [7, 11) is 1.76. The second kappa shape index (κ2) is 5.39. The average Bonchev–Trinajstić information content (AvgIpc) is 2.26. The lowest BCUT2D eigenvalue weighted by Crippen LogP contribution is -2.33. The lowest BCUT2D eigenvalue weighted by Gasteiger charge is -2.19. The molecule has 0 radical (unpaired) electrons. The van der Waals surface area contributed by atoms with E-state index in [0.29, 0.717) is 13.1 Å². The van der Waals surface area contributed by atoms with Crippen LogP contribution in [0.5, 0.6) is 0 Å². The molecule has 0 unspecified atom stereocenters. The molecule has 1 aromatic rings. The zero-order valence-electron chi connectivity index (χ0n) is 10.2. The number of rotatable bonds is 5. The third kappa shape index (κ3) is 3.62. The van der Waals surface area contributed by atoms with Crippen molar-refractivity contribution in [3.8, 4) is 0 Å². The predicted molar refractivity (Wildman–Crippen MR) is 64.8 cm³/mol. The topological polar surface area (TPSA) is 92.4 Å². The number of hydrogen-bond donors (Lipinski definition) is 1. The summed E-state index contributed by atoms with van der Waals surface area (Å²) in [6, 6.07) is 0. The highest BCUT2D eigenvalue weighted by atomic mass is 32.2. The molecule has 0 amide bonds. The number of anilines is 1. The minimum absolute atomic E-state index is 0.0490. The van der Waals surface area contributed by atoms with Gasteiger partial charge in [0.2, 0.25) is 16.0 Å². The zero-order valence-corrected chi connectivity index (χ0v) is 11.0. The fourth-order valence-corrected chi connectivity index (χ4v) is 2.15. The molecule has 0 fully saturated rings. The van der Waals surface area contributed by atoms with Crippen molar-refractivity contribution in [2.45, 2.75) is 4.90 Å². The van der Waals surface area contributed by atoms with Crippen molar-refractivity contribution < 1.29 is 8.42 Å². The van der Waals surface area contributed by atoms with Crippen LogP contribution in [0.2, 0.25) is 0 Å². The highest BCUT2D eigenvalue weighted by Gasteiger charge is 2.21. The van der Waals surface area contributed by atoms with Crippen molar-refractivity contribution in [2.24, 2.45) is 0 Å². The number of nitrogens with two attached hydrogens (primary N) is 1. The summed E-state index contributed by atoms with van der Waals surface area (Å²) in [6.45, 7) is 1.05. The summed E-state index contributed by atoms with van der Waals surface area (Å²) >= 11 is 0. The molecule has 96 valence electrons. The molecule has 0 aliphatic rings. The van der Waals surface area contributed by atoms with Crippen molar-refractivity contribution in [3.63, 3.8) is 0 Å². The number of aromatic nitrogens is 2. The van der Waals surface area contributed by atoms with Crippen molar-refractivity contribution in [1.82, 2.24) is 19.2 Å². The monoisotopic (exact) mass is 259 g/mol. The van der Waals surface area contributed by atoms with Gasteiger partial charge in [-0.2, -0.15) is 4.31 Å². The van der Waals surface area contributed by atoms with E-state index in [0.717, 1.165) is 0 Å². The van der Waals surface area contributed by atoms with E-state index in [1.54, 1.807) is 0 Å². The van der Waals surface area contributed by atoms with Crippen LogP contribution in [-0.2, 0) is 10.0 Å². The van der Waals surface area contributed by atoms with Crippen LogP contribution in [0.1, 0.15) is 0 Å². The second-order valence-electron chi connectivity index (χ2n) is 3.91. The number of nitrogens with zero attached hydrogens (tertiary/aromatic N) is 4. The Bertz CT molecular complexity index is 457. The number of likely N-dealkylation sites (N-methyl/N-ethyl adjacent to an activating group) is 2. The first-order valence-corrected chi connectivity index (χ1v) is 6.46. The molecule has 0 bridgehead atoms. The van der Waals surface area contributed by atoms with Crippen LogP contribution in [0.4, 0.5) is 5.95 Å². The van der Waals surface area contributed by atoms with Gasteiger partial charge in [0.25, 0.3) is 0 Å². The van der Waals surface area contributed by atoms with Gasteiger partial charge in [-0.15, -0.1) is 0 Å². The molecule has 8 heteroatoms. The highest BCUT2D eigenvalue weighted by molar-refractivity contribution is 7.89. The largest absolute Gasteiger partial charge is 0.368 e. The van der Waals surface area contributed by atoms with Gasteiger partial charge in [0.15, 0.2) is 0 Å². The predicted octanol–water partition coefficient (Wildman–Crippen LogP) is -0.759. The Kier molecular flexibility index (Phi) is 4.38. The molecule has 0 aliphatic heterocycles. The van der Waals surface area contributed by atoms with E-state index < -0.39 is 10.0 Å². The third-order valence-corrected chi connectivity index (χ3v) is 4.03. The van der Waals surface area contributed by atoms with E-state index in [1.165, 1.54) is 23.7 Å². The second-order valence-corrected chi connectivity index (χ2v) is 5.95. The van der Waals surface area contributed by atoms with E-state index in [1.807, 2.05) is 19.0 Å². The van der Waals surface area contributed by atoms with Gasteiger partial charge >= 0.3 is 0 Å². The Morgan fingerprint density at radius 2 is 1.71 bits per heavy atom. The molecule has 7 nitrogen and oxygen atoms in total. The van der Waals surface area contributed by atoms with E-state index in [-0.39, 0.29) is 10.8 Å². The van der Waals surface area contributed by atoms with Gasteiger partial charge in [0.05, 0.1) is 12.4 Å². The van der Waals surface area contributed by atoms with E-state index >= 15 is 0 Å². The molecule has 1 rings (SSSR count). The van der Waals surface area contributed by atoms with Crippen LogP contribution in [0.25, 0.3) is 0 Å². The molecule has 0 saturated carbocycles. The minimum atomic E-state index is -3.53. The Hall–Kier alpha value is -1.25. The summed E-state index contributed by atoms with van der Waals surface area (Å²) < 4.78 is 25.4. The molecule has 0 aromatic carbocycles. The van der Waals surface area contributed by atoms with Gasteiger partial charge in [-0.1, -0.05) is 0 Å². The lowest BCUT2D eigenvalue weighted by atomic mass is 10.6. The van der Waals surface area contributed by atoms with Crippen molar-refractivity contribution in [3.05, 3.63) is 12.4 Å². The Labute approximate surface area is 101 Å². The third-order valence-electron chi connectivity index (χ3n) is 2.22. The zero-order chi connectivity index (χ0) is 13.1. The maximum atomic E-state index is 12.0. The standard InChI is InChI=1S/C9H17N5O2S/c1-13(2)4-5-14(3)17(15,16)8-6-11-9(10)12-7-8/h6-7H,4-5H2,1-3H3,(H2,10,11,12). The van der Waals surface area contributed by atoms with Crippen LogP contribution in [-0.4, -0.2) is 61.8 Å². The molecular weight excluding hydrogens is 242 g/mol. The van der Waals surface area contributed by atoms with Gasteiger partial charge in [-0.25, -0.2) is 18.4 Å². The summed E-state index contributed by atoms with van der Waals surface area (Å²) in [5.41, 5.74) is 5.31. The SMILES string of the molecule is CN(C)CCN(C)S(=O)(=O)c1cnc(N)nc1. The molecule has 2 N–H and O–H groups in total. The van der Waals surface area contributed by atoms with Crippen LogP contribution < -0.4 is 5.73 Å². The lowest BCUT2D eigenvalue weighted by molar-refractivity contribution is 0.358. The molecule has 0 atom stereocenters. The molecule has 0 saturated heterocycles. The van der Waals surface area contributed by atoms with Gasteiger partial charge in [0.1, 0.15) is 4.90 Å². The maximum absolute atomic E-state index is 12.0. The van der Waals surface area contributed by atoms with Gasteiger partial charge < -0.3 is 10.6 Å². The molecular formula is C9H17N5O2S. The first kappa shape index (κ1) is 13.8. The number of nitrogen functional groups attached to an aromatic ring is 1. The van der Waals surface area contributed by atoms with Crippen LogP contribution in [0.15, 0.2) is 17.3 Å². The van der Waals surface area contributed by atoms with E-state index in [9.17, 15) is 8.42 Å². The molecule has 0 spiro atoms. The average molecular weight is 259 g/mol. The normalized spacial score (nSPS) is 12.3. The number of sulfonamides is 1. The molecule has 1 aromatic heterocycles. The quantitative estimate of drug-likeness (QED) is 0.747. The molecule has 17 heavy (non-hydrogen) atoms. The first-order valence-electron chi connectivity index (χ1n) is 5.02. The Balaban J connectivity index is 2.84. The fraction of sp³-hybridized carbons (Fsp3) is 0.556. The van der Waals surface area contributed by atoms with Crippen LogP contribution in [0.3, 0.4) is 0 Å². The van der Waals surface area contributed by atoms with Crippen molar-refractivity contribution in [1.29, 1.82) is 0 Å². The van der Waals surface area contributed by atoms with E-state index in [4.69, 9.17) is 5.73 Å². The fourth-order valence-electron chi connectivity index (χ4n) is 1.10. The van der Waals surface area contributed by atoms with Crippen molar-refractivity contribution in [2.75, 3.05) is 40.0 Å². The Morgan fingerprint density at radius 3 is 2.18 bits per heavy atom. The van der Waals surface area contributed by atoms with Gasteiger partial charge in [-0.05, 0) is 14.1 Å². The highest BCUT2D eigenvalue weighted by Crippen LogP contribution is 2.11.